The van der Waals surface area contributed by atoms with E-state index in [1.165, 1.54) is 18.4 Å². The molecule has 1 heterocycles. The molecule has 3 aromatic rings. The molecule has 0 radical (unpaired) electrons. The molecule has 27 heavy (non-hydrogen) atoms. The van der Waals surface area contributed by atoms with E-state index in [1.807, 2.05) is 19.1 Å². The van der Waals surface area contributed by atoms with Gasteiger partial charge in [-0.2, -0.15) is 0 Å². The summed E-state index contributed by atoms with van der Waals surface area (Å²) in [7, 11) is 1.53. The van der Waals surface area contributed by atoms with Crippen LogP contribution in [0.1, 0.15) is 26.9 Å². The fourth-order valence-corrected chi connectivity index (χ4v) is 3.18. The summed E-state index contributed by atoms with van der Waals surface area (Å²) in [6, 6.07) is 17.8. The van der Waals surface area contributed by atoms with E-state index in [1.54, 1.807) is 53.9 Å². The van der Waals surface area contributed by atoms with Gasteiger partial charge in [0.1, 0.15) is 10.6 Å². The minimum absolute atomic E-state index is 0.442. The van der Waals surface area contributed by atoms with Gasteiger partial charge in [0.15, 0.2) is 0 Å². The number of rotatable bonds is 6. The van der Waals surface area contributed by atoms with Gasteiger partial charge in [-0.25, -0.2) is 4.79 Å². The van der Waals surface area contributed by atoms with Crippen molar-refractivity contribution in [3.63, 3.8) is 0 Å². The molecule has 1 amide bonds. The molecule has 1 N–H and O–H groups in total. The van der Waals surface area contributed by atoms with Crippen molar-refractivity contribution in [2.45, 2.75) is 13.0 Å². The van der Waals surface area contributed by atoms with Crippen LogP contribution in [0.4, 0.5) is 5.69 Å². The molecule has 138 valence electrons. The molecular weight excluding hydrogens is 362 g/mol. The highest BCUT2D eigenvalue weighted by atomic mass is 32.1. The number of aryl methyl sites for hydroxylation is 1. The molecule has 5 nitrogen and oxygen atoms in total. The van der Waals surface area contributed by atoms with Crippen molar-refractivity contribution >= 4 is 28.9 Å². The van der Waals surface area contributed by atoms with Crippen molar-refractivity contribution in [3.8, 4) is 5.75 Å². The number of hydrogen-bond donors (Lipinski definition) is 1. The Hall–Kier alpha value is -3.12. The minimum atomic E-state index is -1.08. The molecule has 1 aromatic heterocycles. The molecule has 0 saturated heterocycles. The van der Waals surface area contributed by atoms with Crippen LogP contribution in [0.3, 0.4) is 0 Å². The van der Waals surface area contributed by atoms with Gasteiger partial charge >= 0.3 is 5.97 Å². The lowest BCUT2D eigenvalue weighted by molar-refractivity contribution is -0.125. The first-order valence-corrected chi connectivity index (χ1v) is 9.21. The van der Waals surface area contributed by atoms with Crippen molar-refractivity contribution in [2.24, 2.45) is 0 Å². The normalized spacial score (nSPS) is 11.5. The summed E-state index contributed by atoms with van der Waals surface area (Å²) in [5.74, 6) is -0.453. The molecule has 3 rings (SSSR count). The van der Waals surface area contributed by atoms with E-state index < -0.39 is 18.0 Å². The van der Waals surface area contributed by atoms with Gasteiger partial charge in [0.25, 0.3) is 5.91 Å². The Kier molecular flexibility index (Phi) is 5.88. The zero-order valence-corrected chi connectivity index (χ0v) is 15.8. The lowest BCUT2D eigenvalue weighted by atomic mass is 10.1. The Bertz CT molecular complexity index is 923. The molecule has 0 bridgehead atoms. The summed E-state index contributed by atoms with van der Waals surface area (Å²) in [6.45, 7) is 1.92. The second-order valence-electron chi connectivity index (χ2n) is 5.87. The van der Waals surface area contributed by atoms with Crippen molar-refractivity contribution in [1.29, 1.82) is 0 Å². The number of carbonyl (C=O) groups excluding carboxylic acids is 2. The topological polar surface area (TPSA) is 64.6 Å². The molecule has 0 unspecified atom stereocenters. The van der Waals surface area contributed by atoms with E-state index in [2.05, 4.69) is 5.32 Å². The Balaban J connectivity index is 1.87. The number of anilines is 1. The van der Waals surface area contributed by atoms with Gasteiger partial charge in [-0.05, 0) is 36.1 Å². The van der Waals surface area contributed by atoms with Crippen molar-refractivity contribution in [3.05, 3.63) is 82.0 Å². The number of nitrogens with one attached hydrogen (secondary N) is 1. The van der Waals surface area contributed by atoms with Crippen LogP contribution in [0, 0.1) is 6.92 Å². The van der Waals surface area contributed by atoms with E-state index in [9.17, 15) is 9.59 Å². The van der Waals surface area contributed by atoms with E-state index in [-0.39, 0.29) is 0 Å². The van der Waals surface area contributed by atoms with Crippen LogP contribution in [0.5, 0.6) is 5.75 Å². The number of amides is 1. The molecule has 0 aliphatic rings. The zero-order chi connectivity index (χ0) is 19.2. The summed E-state index contributed by atoms with van der Waals surface area (Å²) >= 11 is 1.27. The summed E-state index contributed by atoms with van der Waals surface area (Å²) in [5.41, 5.74) is 2.08. The number of hydrogen-bond acceptors (Lipinski definition) is 5. The van der Waals surface area contributed by atoms with Gasteiger partial charge in [0, 0.05) is 5.56 Å². The van der Waals surface area contributed by atoms with Crippen molar-refractivity contribution < 1.29 is 19.1 Å². The van der Waals surface area contributed by atoms with Crippen molar-refractivity contribution in [1.82, 2.24) is 0 Å². The monoisotopic (exact) mass is 381 g/mol. The summed E-state index contributed by atoms with van der Waals surface area (Å²) in [5, 5.41) is 4.60. The Morgan fingerprint density at radius 2 is 1.81 bits per heavy atom. The highest BCUT2D eigenvalue weighted by Crippen LogP contribution is 2.28. The fraction of sp³-hybridized carbons (Fsp3) is 0.143. The first-order chi connectivity index (χ1) is 13.1. The van der Waals surface area contributed by atoms with Gasteiger partial charge in [-0.1, -0.05) is 42.5 Å². The quantitative estimate of drug-likeness (QED) is 0.634. The lowest BCUT2D eigenvalue weighted by Crippen LogP contribution is -2.26. The Labute approximate surface area is 161 Å². The number of ether oxygens (including phenoxy) is 2. The molecular formula is C21H19NO4S. The summed E-state index contributed by atoms with van der Waals surface area (Å²) in [4.78, 5) is 25.8. The van der Waals surface area contributed by atoms with Crippen LogP contribution in [0.25, 0.3) is 0 Å². The smallest absolute Gasteiger partial charge is 0.349 e. The number of esters is 1. The van der Waals surface area contributed by atoms with Gasteiger partial charge in [0.2, 0.25) is 6.10 Å². The van der Waals surface area contributed by atoms with E-state index in [0.717, 1.165) is 5.56 Å². The molecule has 0 aliphatic carbocycles. The molecule has 0 aliphatic heterocycles. The van der Waals surface area contributed by atoms with Gasteiger partial charge in [-0.3, -0.25) is 4.79 Å². The summed E-state index contributed by atoms with van der Waals surface area (Å²) in [6.07, 6.45) is -1.08. The van der Waals surface area contributed by atoms with E-state index in [0.29, 0.717) is 21.9 Å². The van der Waals surface area contributed by atoms with Crippen molar-refractivity contribution in [2.75, 3.05) is 12.4 Å². The lowest BCUT2D eigenvalue weighted by Gasteiger charge is -2.19. The van der Waals surface area contributed by atoms with Gasteiger partial charge < -0.3 is 14.8 Å². The number of carbonyl (C=O) groups is 2. The predicted molar refractivity (Wildman–Crippen MR) is 105 cm³/mol. The largest absolute Gasteiger partial charge is 0.495 e. The maximum Gasteiger partial charge on any atom is 0.349 e. The number of benzene rings is 2. The Morgan fingerprint density at radius 1 is 1.04 bits per heavy atom. The second-order valence-corrected chi connectivity index (χ2v) is 6.81. The van der Waals surface area contributed by atoms with E-state index >= 15 is 0 Å². The maximum absolute atomic E-state index is 13.0. The molecule has 6 heteroatoms. The highest BCUT2D eigenvalue weighted by Gasteiger charge is 2.26. The zero-order valence-electron chi connectivity index (χ0n) is 15.0. The molecule has 1 atom stereocenters. The fourth-order valence-electron chi connectivity index (χ4n) is 2.58. The third kappa shape index (κ3) is 4.54. The van der Waals surface area contributed by atoms with Gasteiger partial charge in [0.05, 0.1) is 12.8 Å². The number of thiophene rings is 1. The molecule has 2 aromatic carbocycles. The first kappa shape index (κ1) is 18.7. The number of methoxy groups -OCH3 is 1. The van der Waals surface area contributed by atoms with Crippen LogP contribution >= 0.6 is 11.3 Å². The molecule has 0 fully saturated rings. The van der Waals surface area contributed by atoms with Crippen LogP contribution in [0.15, 0.2) is 66.0 Å². The summed E-state index contributed by atoms with van der Waals surface area (Å²) < 4.78 is 10.8. The average molecular weight is 381 g/mol. The molecule has 0 spiro atoms. The standard InChI is InChI=1S/C21H19NO4S/c1-14-10-11-17(25-2)16(13-14)22-20(23)19(15-7-4-3-5-8-15)26-21(24)18-9-6-12-27-18/h3-13,19H,1-2H3,(H,22,23)/t19-/m1/s1. The maximum atomic E-state index is 13.0. The highest BCUT2D eigenvalue weighted by molar-refractivity contribution is 7.11. The van der Waals surface area contributed by atoms with Crippen LogP contribution in [-0.4, -0.2) is 19.0 Å². The third-order valence-corrected chi connectivity index (χ3v) is 4.75. The Morgan fingerprint density at radius 3 is 2.48 bits per heavy atom. The predicted octanol–water partition coefficient (Wildman–Crippen LogP) is 4.60. The second kappa shape index (κ2) is 8.51. The SMILES string of the molecule is COc1ccc(C)cc1NC(=O)[C@H](OC(=O)c1cccs1)c1ccccc1. The van der Waals surface area contributed by atoms with Crippen LogP contribution in [-0.2, 0) is 9.53 Å². The van der Waals surface area contributed by atoms with E-state index in [4.69, 9.17) is 9.47 Å². The minimum Gasteiger partial charge on any atom is -0.495 e. The van der Waals surface area contributed by atoms with Crippen LogP contribution in [0.2, 0.25) is 0 Å². The van der Waals surface area contributed by atoms with Gasteiger partial charge in [-0.15, -0.1) is 11.3 Å². The third-order valence-electron chi connectivity index (χ3n) is 3.90. The van der Waals surface area contributed by atoms with Crippen LogP contribution < -0.4 is 10.1 Å². The molecule has 0 saturated carbocycles. The average Bonchev–Trinajstić information content (AvgIpc) is 3.21. The first-order valence-electron chi connectivity index (χ1n) is 8.33.